The van der Waals surface area contributed by atoms with Crippen LogP contribution in [0.5, 0.6) is 0 Å². The Labute approximate surface area is 189 Å². The van der Waals surface area contributed by atoms with Crippen molar-refractivity contribution in [2.75, 3.05) is 33.7 Å². The average molecular weight is 439 g/mol. The molecule has 0 bridgehead atoms. The minimum atomic E-state index is -0.630. The molecular weight excluding hydrogens is 406 g/mol. The van der Waals surface area contributed by atoms with E-state index >= 15 is 4.39 Å². The van der Waals surface area contributed by atoms with E-state index in [-0.39, 0.29) is 17.5 Å². The third-order valence-electron chi connectivity index (χ3n) is 7.10. The van der Waals surface area contributed by atoms with Gasteiger partial charge in [-0.3, -0.25) is 4.79 Å². The van der Waals surface area contributed by atoms with Crippen LogP contribution in [0.2, 0.25) is 0 Å². The molecule has 0 saturated carbocycles. The zero-order valence-corrected chi connectivity index (χ0v) is 19.5. The van der Waals surface area contributed by atoms with E-state index in [0.29, 0.717) is 42.6 Å². The summed E-state index contributed by atoms with van der Waals surface area (Å²) in [6.45, 7) is 5.86. The number of carbonyl (C=O) groups is 1. The summed E-state index contributed by atoms with van der Waals surface area (Å²) in [6.07, 6.45) is 2.43. The molecule has 2 aliphatic rings. The molecule has 1 saturated heterocycles. The first-order chi connectivity index (χ1) is 15.2. The summed E-state index contributed by atoms with van der Waals surface area (Å²) in [7, 11) is 3.93. The number of fused-ring (bicyclic) bond motifs is 1. The molecule has 1 fully saturated rings. The number of hydrogen-bond acceptors (Lipinski definition) is 2. The number of benzene rings is 2. The Balaban J connectivity index is 1.72. The fourth-order valence-corrected chi connectivity index (χ4v) is 5.36. The van der Waals surface area contributed by atoms with Crippen LogP contribution in [0.1, 0.15) is 48.4 Å². The Bertz CT molecular complexity index is 1070. The number of nitrogens with zero attached hydrogens (tertiary/aromatic N) is 2. The van der Waals surface area contributed by atoms with E-state index in [4.69, 9.17) is 0 Å². The molecular formula is C27H32F2N2O. The van der Waals surface area contributed by atoms with Gasteiger partial charge in [0.15, 0.2) is 0 Å². The van der Waals surface area contributed by atoms with Crippen LogP contribution in [0, 0.1) is 18.6 Å². The first-order valence-corrected chi connectivity index (χ1v) is 11.4. The van der Waals surface area contributed by atoms with Crippen molar-refractivity contribution in [1.82, 2.24) is 9.80 Å². The van der Waals surface area contributed by atoms with Gasteiger partial charge in [-0.15, -0.1) is 0 Å². The predicted octanol–water partition coefficient (Wildman–Crippen LogP) is 5.11. The van der Waals surface area contributed by atoms with Gasteiger partial charge in [0.1, 0.15) is 11.6 Å². The highest BCUT2D eigenvalue weighted by molar-refractivity contribution is 5.85. The molecule has 2 aromatic carbocycles. The van der Waals surface area contributed by atoms with Gasteiger partial charge in [0.2, 0.25) is 5.91 Å². The molecule has 4 rings (SSSR count). The average Bonchev–Trinajstić information content (AvgIpc) is 3.08. The van der Waals surface area contributed by atoms with Crippen LogP contribution in [0.25, 0.3) is 5.57 Å². The zero-order chi connectivity index (χ0) is 23.0. The topological polar surface area (TPSA) is 23.6 Å². The van der Waals surface area contributed by atoms with Crippen LogP contribution in [-0.2, 0) is 16.6 Å². The fraction of sp³-hybridized carbons (Fsp3) is 0.444. The molecule has 0 N–H and O–H groups in total. The van der Waals surface area contributed by atoms with E-state index in [9.17, 15) is 9.18 Å². The fourth-order valence-electron chi connectivity index (χ4n) is 5.36. The maximum atomic E-state index is 15.1. The Morgan fingerprint density at radius 3 is 2.44 bits per heavy atom. The molecule has 1 aliphatic heterocycles. The lowest BCUT2D eigenvalue weighted by molar-refractivity contribution is -0.131. The molecule has 1 amide bonds. The van der Waals surface area contributed by atoms with Crippen molar-refractivity contribution < 1.29 is 13.6 Å². The van der Waals surface area contributed by atoms with Crippen molar-refractivity contribution in [1.29, 1.82) is 0 Å². The van der Waals surface area contributed by atoms with Crippen molar-refractivity contribution in [3.8, 4) is 0 Å². The molecule has 1 heterocycles. The van der Waals surface area contributed by atoms with E-state index < -0.39 is 5.41 Å². The van der Waals surface area contributed by atoms with Gasteiger partial charge >= 0.3 is 0 Å². The molecule has 5 heteroatoms. The summed E-state index contributed by atoms with van der Waals surface area (Å²) in [6, 6.07) is 10.7. The summed E-state index contributed by atoms with van der Waals surface area (Å²) < 4.78 is 30.1. The summed E-state index contributed by atoms with van der Waals surface area (Å²) in [5, 5.41) is 0. The van der Waals surface area contributed by atoms with Gasteiger partial charge in [0.25, 0.3) is 0 Å². The molecule has 3 nitrogen and oxygen atoms in total. The third-order valence-corrected chi connectivity index (χ3v) is 7.10. The smallest absolute Gasteiger partial charge is 0.223 e. The first-order valence-electron chi connectivity index (χ1n) is 11.4. The van der Waals surface area contributed by atoms with E-state index in [1.807, 2.05) is 55.1 Å². The van der Waals surface area contributed by atoms with Gasteiger partial charge in [0.05, 0.1) is 0 Å². The molecule has 1 aliphatic carbocycles. The maximum Gasteiger partial charge on any atom is 0.223 e. The van der Waals surface area contributed by atoms with Gasteiger partial charge in [-0.25, -0.2) is 8.78 Å². The quantitative estimate of drug-likeness (QED) is 0.662. The standard InChI is InChI=1S/C27H32F2N2O/c1-18-9-10-20-21(26(18)29)17-27(2,22-7-5-6-8-23(22)28)25(20)19-11-15-31(16-12-19)24(32)13-14-30(3)4/h5-10H,11-17H2,1-4H3. The number of rotatable bonds is 4. The number of aryl methyl sites for hydroxylation is 1. The van der Waals surface area contributed by atoms with Crippen LogP contribution < -0.4 is 0 Å². The van der Waals surface area contributed by atoms with E-state index in [2.05, 4.69) is 0 Å². The Morgan fingerprint density at radius 1 is 1.09 bits per heavy atom. The number of hydrogen-bond donors (Lipinski definition) is 0. The minimum absolute atomic E-state index is 0.174. The summed E-state index contributed by atoms with van der Waals surface area (Å²) in [5.41, 5.74) is 4.46. The normalized spacial score (nSPS) is 20.8. The van der Waals surface area contributed by atoms with Crippen molar-refractivity contribution in [3.05, 3.63) is 75.9 Å². The number of halogens is 2. The number of carbonyl (C=O) groups excluding carboxylic acids is 1. The van der Waals surface area contributed by atoms with Gasteiger partial charge in [0, 0.05) is 31.5 Å². The minimum Gasteiger partial charge on any atom is -0.342 e. The Kier molecular flexibility index (Phi) is 6.22. The highest BCUT2D eigenvalue weighted by Crippen LogP contribution is 2.52. The van der Waals surface area contributed by atoms with E-state index in [0.717, 1.165) is 30.5 Å². The number of likely N-dealkylation sites (tertiary alicyclic amines) is 1. The van der Waals surface area contributed by atoms with Crippen LogP contribution in [0.15, 0.2) is 42.0 Å². The van der Waals surface area contributed by atoms with Crippen LogP contribution in [0.3, 0.4) is 0 Å². The number of allylic oxidation sites excluding steroid dienone is 1. The second-order valence-electron chi connectivity index (χ2n) is 9.62. The summed E-state index contributed by atoms with van der Waals surface area (Å²) in [5.74, 6) is -0.264. The molecule has 1 atom stereocenters. The third kappa shape index (κ3) is 3.99. The number of amides is 1. The largest absolute Gasteiger partial charge is 0.342 e. The summed E-state index contributed by atoms with van der Waals surface area (Å²) in [4.78, 5) is 16.5. The number of piperidine rings is 1. The Hall–Kier alpha value is -2.53. The van der Waals surface area contributed by atoms with Crippen molar-refractivity contribution in [2.45, 2.75) is 44.9 Å². The predicted molar refractivity (Wildman–Crippen MR) is 124 cm³/mol. The van der Waals surface area contributed by atoms with Gasteiger partial charge in [-0.05, 0) is 74.2 Å². The lowest BCUT2D eigenvalue weighted by atomic mass is 9.73. The maximum absolute atomic E-state index is 15.1. The monoisotopic (exact) mass is 438 g/mol. The van der Waals surface area contributed by atoms with Crippen LogP contribution in [-0.4, -0.2) is 49.4 Å². The van der Waals surface area contributed by atoms with E-state index in [1.54, 1.807) is 13.0 Å². The zero-order valence-electron chi connectivity index (χ0n) is 19.5. The van der Waals surface area contributed by atoms with Crippen molar-refractivity contribution >= 4 is 11.5 Å². The molecule has 2 aromatic rings. The molecule has 0 spiro atoms. The highest BCUT2D eigenvalue weighted by atomic mass is 19.1. The summed E-state index contributed by atoms with van der Waals surface area (Å²) >= 11 is 0. The van der Waals surface area contributed by atoms with Crippen molar-refractivity contribution in [2.24, 2.45) is 0 Å². The van der Waals surface area contributed by atoms with Crippen molar-refractivity contribution in [3.63, 3.8) is 0 Å². The molecule has 170 valence electrons. The Morgan fingerprint density at radius 2 is 1.78 bits per heavy atom. The molecule has 0 aromatic heterocycles. The van der Waals surface area contributed by atoms with Gasteiger partial charge in [-0.1, -0.05) is 42.8 Å². The lowest BCUT2D eigenvalue weighted by Crippen LogP contribution is -2.38. The molecule has 0 radical (unpaired) electrons. The van der Waals surface area contributed by atoms with Crippen LogP contribution >= 0.6 is 0 Å². The SMILES string of the molecule is Cc1ccc2c(c1F)CC(C)(c1ccccc1F)C2=C1CCN(C(=O)CCN(C)C)CC1. The van der Waals surface area contributed by atoms with Gasteiger partial charge < -0.3 is 9.80 Å². The van der Waals surface area contributed by atoms with Crippen LogP contribution in [0.4, 0.5) is 8.78 Å². The second-order valence-corrected chi connectivity index (χ2v) is 9.62. The lowest BCUT2D eigenvalue weighted by Gasteiger charge is -2.34. The van der Waals surface area contributed by atoms with E-state index in [1.165, 1.54) is 11.6 Å². The second kappa shape index (κ2) is 8.78. The first kappa shape index (κ1) is 22.7. The molecule has 1 unspecified atom stereocenters. The van der Waals surface area contributed by atoms with Gasteiger partial charge in [-0.2, -0.15) is 0 Å². The highest BCUT2D eigenvalue weighted by Gasteiger charge is 2.44. The molecule has 32 heavy (non-hydrogen) atoms.